The third kappa shape index (κ3) is 7.27. The minimum absolute atomic E-state index is 0.593. The molecule has 0 bridgehead atoms. The van der Waals surface area contributed by atoms with E-state index in [0.717, 1.165) is 12.8 Å². The summed E-state index contributed by atoms with van der Waals surface area (Å²) in [7, 11) is 0. The van der Waals surface area contributed by atoms with Crippen LogP contribution in [-0.4, -0.2) is 17.7 Å². The molecule has 0 aromatic heterocycles. The molecule has 0 aliphatic rings. The van der Waals surface area contributed by atoms with Crippen molar-refractivity contribution in [1.29, 1.82) is 1.43 Å². The fourth-order valence-corrected chi connectivity index (χ4v) is 0.701. The van der Waals surface area contributed by atoms with Crippen molar-refractivity contribution in [1.82, 2.24) is 5.32 Å². The molecule has 0 aromatic rings. The molecule has 0 atom stereocenters. The summed E-state index contributed by atoms with van der Waals surface area (Å²) < 4.78 is 6.22. The number of nitrogens with one attached hydrogen (secondary N) is 1. The van der Waals surface area contributed by atoms with Crippen molar-refractivity contribution in [3.63, 3.8) is 0 Å². The molecular formula is C7H15NO2. The van der Waals surface area contributed by atoms with Gasteiger partial charge in [0, 0.05) is 6.54 Å². The monoisotopic (exact) mass is 146 g/mol. The van der Waals surface area contributed by atoms with Crippen LogP contribution in [0.15, 0.2) is 0 Å². The van der Waals surface area contributed by atoms with Gasteiger partial charge in [-0.2, -0.15) is 0 Å². The molecule has 0 fully saturated rings. The molecule has 0 radical (unpaired) electrons. The summed E-state index contributed by atoms with van der Waals surface area (Å²) in [5, 5.41) is 6.10. The van der Waals surface area contributed by atoms with E-state index in [0.29, 0.717) is 12.5 Å². The Balaban J connectivity index is 3.08. The fourth-order valence-electron chi connectivity index (χ4n) is 0.701. The quantitative estimate of drug-likeness (QED) is 0.593. The maximum absolute atomic E-state index is 10.3. The fraction of sp³-hybridized carbons (Fsp3) is 0.857. The molecule has 3 heteroatoms. The minimum Gasteiger partial charge on any atom is -0.465 e. The first kappa shape index (κ1) is 7.38. The van der Waals surface area contributed by atoms with E-state index >= 15 is 0 Å². The van der Waals surface area contributed by atoms with Crippen LogP contribution >= 0.6 is 0 Å². The van der Waals surface area contributed by atoms with Crippen LogP contribution in [0.25, 0.3) is 1.43 Å². The van der Waals surface area contributed by atoms with Crippen molar-refractivity contribution in [2.75, 3.05) is 6.54 Å². The van der Waals surface area contributed by atoms with Gasteiger partial charge in [0.05, 0.1) is 0 Å². The molecule has 0 heterocycles. The van der Waals surface area contributed by atoms with E-state index in [4.69, 9.17) is 1.43 Å². The van der Waals surface area contributed by atoms with Crippen LogP contribution in [0.5, 0.6) is 0 Å². The first-order valence-corrected chi connectivity index (χ1v) is 3.57. The third-order valence-electron chi connectivity index (χ3n) is 1.23. The van der Waals surface area contributed by atoms with Crippen LogP contribution in [0.4, 0.5) is 4.79 Å². The van der Waals surface area contributed by atoms with Crippen molar-refractivity contribution < 1.29 is 9.90 Å². The first-order valence-electron chi connectivity index (χ1n) is 3.98. The standard InChI is InChI=1S/C7H15NO2/c1-6(2)4-3-5-8-7(9)10/h6,8H,3-5H2,1-2H3,(H,9,10)/i/hD. The van der Waals surface area contributed by atoms with Crippen molar-refractivity contribution in [3.8, 4) is 0 Å². The molecule has 0 saturated heterocycles. The number of carbonyl (C=O) groups is 1. The smallest absolute Gasteiger partial charge is 0.404 e. The second-order valence-corrected chi connectivity index (χ2v) is 2.75. The molecule has 0 saturated carbocycles. The molecule has 1 amide bonds. The second-order valence-electron chi connectivity index (χ2n) is 2.75. The van der Waals surface area contributed by atoms with Crippen molar-refractivity contribution in [2.45, 2.75) is 26.7 Å². The Hall–Kier alpha value is -0.730. The van der Waals surface area contributed by atoms with Gasteiger partial charge < -0.3 is 10.4 Å². The average molecular weight is 146 g/mol. The average Bonchev–Trinajstić information content (AvgIpc) is 1.97. The Kier molecular flexibility index (Phi) is 3.75. The van der Waals surface area contributed by atoms with E-state index in [2.05, 4.69) is 24.3 Å². The number of carboxylic acid groups (broad SMARTS) is 1. The predicted molar refractivity (Wildman–Crippen MR) is 40.1 cm³/mol. The van der Waals surface area contributed by atoms with Gasteiger partial charge in [0.2, 0.25) is 0 Å². The summed E-state index contributed by atoms with van der Waals surface area (Å²) >= 11 is 0. The Morgan fingerprint density at radius 1 is 1.80 bits per heavy atom. The highest BCUT2D eigenvalue weighted by molar-refractivity contribution is 5.64. The van der Waals surface area contributed by atoms with Gasteiger partial charge in [-0.3, -0.25) is 0 Å². The zero-order valence-electron chi connectivity index (χ0n) is 7.52. The van der Waals surface area contributed by atoms with Crippen molar-refractivity contribution in [3.05, 3.63) is 0 Å². The van der Waals surface area contributed by atoms with Crippen LogP contribution in [0.3, 0.4) is 0 Å². The van der Waals surface area contributed by atoms with Crippen LogP contribution in [0.1, 0.15) is 26.7 Å². The molecular weight excluding hydrogens is 130 g/mol. The molecule has 60 valence electrons. The highest BCUT2D eigenvalue weighted by Gasteiger charge is 1.95. The van der Waals surface area contributed by atoms with Gasteiger partial charge in [-0.25, -0.2) is 4.79 Å². The zero-order chi connectivity index (χ0) is 8.69. The number of hydrogen-bond donors (Lipinski definition) is 2. The Morgan fingerprint density at radius 2 is 2.50 bits per heavy atom. The predicted octanol–water partition coefficient (Wildman–Crippen LogP) is 1.69. The lowest BCUT2D eigenvalue weighted by atomic mass is 10.1. The summed E-state index contributed by atoms with van der Waals surface area (Å²) in [5.74, 6) is 0.656. The maximum atomic E-state index is 10.3. The summed E-state index contributed by atoms with van der Waals surface area (Å²) in [6, 6.07) is 0. The van der Waals surface area contributed by atoms with Gasteiger partial charge >= 0.3 is 6.09 Å². The zero-order valence-corrected chi connectivity index (χ0v) is 6.52. The summed E-state index contributed by atoms with van der Waals surface area (Å²) in [5.41, 5.74) is 0. The Morgan fingerprint density at radius 3 is 3.00 bits per heavy atom. The van der Waals surface area contributed by atoms with Crippen LogP contribution in [-0.2, 0) is 0 Å². The van der Waals surface area contributed by atoms with Gasteiger partial charge in [-0.1, -0.05) is 13.8 Å². The molecule has 0 aliphatic carbocycles. The molecule has 0 unspecified atom stereocenters. The topological polar surface area (TPSA) is 49.3 Å². The SMILES string of the molecule is [2H]OC(=O)NCCCC(C)C. The van der Waals surface area contributed by atoms with Crippen LogP contribution < -0.4 is 5.32 Å². The number of hydrogen-bond acceptors (Lipinski definition) is 2. The van der Waals surface area contributed by atoms with E-state index in [-0.39, 0.29) is 0 Å². The van der Waals surface area contributed by atoms with Crippen LogP contribution in [0, 0.1) is 5.92 Å². The van der Waals surface area contributed by atoms with E-state index in [9.17, 15) is 4.79 Å². The van der Waals surface area contributed by atoms with Gasteiger partial charge in [-0.15, -0.1) is 0 Å². The molecule has 0 aromatic carbocycles. The van der Waals surface area contributed by atoms with E-state index in [1.165, 1.54) is 0 Å². The largest absolute Gasteiger partial charge is 0.465 e. The summed E-state index contributed by atoms with van der Waals surface area (Å²) in [6.45, 7) is 4.85. The van der Waals surface area contributed by atoms with E-state index in [1.54, 1.807) is 0 Å². The van der Waals surface area contributed by atoms with Gasteiger partial charge in [0.25, 0.3) is 1.43 Å². The normalized spacial score (nSPS) is 10.9. The van der Waals surface area contributed by atoms with Gasteiger partial charge in [0.15, 0.2) is 0 Å². The minimum atomic E-state index is -0.672. The highest BCUT2D eigenvalue weighted by Crippen LogP contribution is 2.01. The van der Waals surface area contributed by atoms with Crippen LogP contribution in [0.2, 0.25) is 0 Å². The number of amides is 1. The molecule has 2 N–H and O–H groups in total. The highest BCUT2D eigenvalue weighted by atomic mass is 16.4. The first-order chi connectivity index (χ1) is 5.16. The van der Waals surface area contributed by atoms with Gasteiger partial charge in [-0.05, 0) is 18.8 Å². The second kappa shape index (κ2) is 5.09. The molecule has 3 nitrogen and oxygen atoms in total. The summed E-state index contributed by atoms with van der Waals surface area (Å²) in [4.78, 5) is 10.3. The summed E-state index contributed by atoms with van der Waals surface area (Å²) in [6.07, 6.45) is 1.35. The van der Waals surface area contributed by atoms with E-state index < -0.39 is 6.09 Å². The molecule has 10 heavy (non-hydrogen) atoms. The lowest BCUT2D eigenvalue weighted by Gasteiger charge is -2.02. The Bertz CT molecular complexity index is 117. The number of rotatable bonds is 4. The lowest BCUT2D eigenvalue weighted by Crippen LogP contribution is -2.21. The molecule has 0 rings (SSSR count). The van der Waals surface area contributed by atoms with Crippen molar-refractivity contribution >= 4 is 6.09 Å². The Labute approximate surface area is 62.9 Å². The van der Waals surface area contributed by atoms with Gasteiger partial charge in [0.1, 0.15) is 0 Å². The maximum Gasteiger partial charge on any atom is 0.404 e. The third-order valence-corrected chi connectivity index (χ3v) is 1.23. The lowest BCUT2D eigenvalue weighted by molar-refractivity contribution is 0.194. The van der Waals surface area contributed by atoms with E-state index in [1.807, 2.05) is 0 Å². The molecule has 0 spiro atoms. The van der Waals surface area contributed by atoms with Crippen molar-refractivity contribution in [2.24, 2.45) is 5.92 Å². The molecule has 0 aliphatic heterocycles.